The maximum Gasteiger partial charge on any atom is 0.338 e. The minimum absolute atomic E-state index is 0.0328. The van der Waals surface area contributed by atoms with Crippen molar-refractivity contribution in [2.24, 2.45) is 0 Å². The predicted molar refractivity (Wildman–Crippen MR) is 109 cm³/mol. The minimum atomic E-state index is -3.74. The lowest BCUT2D eigenvalue weighted by atomic mass is 10.1. The van der Waals surface area contributed by atoms with Crippen LogP contribution in [-0.4, -0.2) is 49.3 Å². The number of nitrogens with one attached hydrogen (secondary N) is 1. The van der Waals surface area contributed by atoms with Crippen LogP contribution < -0.4 is 5.32 Å². The van der Waals surface area contributed by atoms with Gasteiger partial charge in [-0.25, -0.2) is 18.2 Å². The van der Waals surface area contributed by atoms with Gasteiger partial charge in [0.05, 0.1) is 15.5 Å². The Labute approximate surface area is 174 Å². The van der Waals surface area contributed by atoms with Crippen LogP contribution in [0.15, 0.2) is 41.4 Å². The summed E-state index contributed by atoms with van der Waals surface area (Å²) in [6.45, 7) is 5.20. The Bertz CT molecular complexity index is 989. The summed E-state index contributed by atoms with van der Waals surface area (Å²) in [5.41, 5.74) is 0.554. The molecule has 0 spiro atoms. The highest BCUT2D eigenvalue weighted by Crippen LogP contribution is 2.22. The number of pyridine rings is 1. The van der Waals surface area contributed by atoms with E-state index < -0.39 is 28.5 Å². The highest BCUT2D eigenvalue weighted by atomic mass is 35.5. The molecule has 29 heavy (non-hydrogen) atoms. The fourth-order valence-corrected chi connectivity index (χ4v) is 4.37. The second-order valence-electron chi connectivity index (χ2n) is 6.06. The Morgan fingerprint density at radius 1 is 1.17 bits per heavy atom. The minimum Gasteiger partial charge on any atom is -0.452 e. The number of hydrogen-bond donors (Lipinski definition) is 1. The van der Waals surface area contributed by atoms with Gasteiger partial charge in [0.2, 0.25) is 10.0 Å². The van der Waals surface area contributed by atoms with E-state index in [-0.39, 0.29) is 16.3 Å². The number of esters is 1. The molecule has 0 aliphatic heterocycles. The maximum atomic E-state index is 12.8. The molecular formula is C19H22ClN3O5S. The number of aromatic nitrogens is 1. The van der Waals surface area contributed by atoms with Crippen molar-refractivity contribution in [2.45, 2.75) is 25.7 Å². The van der Waals surface area contributed by atoms with Gasteiger partial charge in [0.1, 0.15) is 5.82 Å². The van der Waals surface area contributed by atoms with Crippen molar-refractivity contribution in [2.75, 3.05) is 25.0 Å². The fourth-order valence-electron chi connectivity index (χ4n) is 2.55. The summed E-state index contributed by atoms with van der Waals surface area (Å²) in [6.07, 6.45) is 1.37. The van der Waals surface area contributed by atoms with E-state index in [9.17, 15) is 18.0 Å². The number of anilines is 1. The molecule has 1 amide bonds. The van der Waals surface area contributed by atoms with Gasteiger partial charge in [-0.2, -0.15) is 4.31 Å². The second kappa shape index (κ2) is 9.82. The van der Waals surface area contributed by atoms with E-state index >= 15 is 0 Å². The molecule has 0 bridgehead atoms. The lowest BCUT2D eigenvalue weighted by molar-refractivity contribution is -0.119. The molecule has 0 aliphatic rings. The Hall–Kier alpha value is -2.49. The standard InChI is InChI=1S/C19H22ClN3O5S/c1-4-23(5-2)29(26,27)16-10-14(7-6-13(16)3)19(25)28-12-18(24)22-17-9-8-15(20)11-21-17/h6-11H,4-5,12H2,1-3H3,(H,21,22,24). The topological polar surface area (TPSA) is 106 Å². The van der Waals surface area contributed by atoms with Crippen molar-refractivity contribution < 1.29 is 22.7 Å². The monoisotopic (exact) mass is 439 g/mol. The SMILES string of the molecule is CCN(CC)S(=O)(=O)c1cc(C(=O)OCC(=O)Nc2ccc(Cl)cn2)ccc1C. The molecule has 0 atom stereocenters. The lowest BCUT2D eigenvalue weighted by Gasteiger charge is -2.20. The molecule has 10 heteroatoms. The number of carbonyl (C=O) groups is 2. The summed E-state index contributed by atoms with van der Waals surface area (Å²) in [5, 5.41) is 2.88. The second-order valence-corrected chi connectivity index (χ2v) is 8.40. The molecule has 0 fully saturated rings. The number of rotatable bonds is 8. The third kappa shape index (κ3) is 5.75. The zero-order chi connectivity index (χ0) is 21.6. The van der Waals surface area contributed by atoms with E-state index in [1.165, 1.54) is 34.8 Å². The molecule has 1 N–H and O–H groups in total. The first-order valence-electron chi connectivity index (χ1n) is 8.88. The lowest BCUT2D eigenvalue weighted by Crippen LogP contribution is -2.31. The zero-order valence-electron chi connectivity index (χ0n) is 16.3. The summed E-state index contributed by atoms with van der Waals surface area (Å²) in [5.74, 6) is -1.13. The normalized spacial score (nSPS) is 11.3. The van der Waals surface area contributed by atoms with Gasteiger partial charge in [0.25, 0.3) is 5.91 Å². The molecule has 156 valence electrons. The van der Waals surface area contributed by atoms with Gasteiger partial charge in [0.15, 0.2) is 6.61 Å². The fraction of sp³-hybridized carbons (Fsp3) is 0.316. The molecule has 0 unspecified atom stereocenters. The van der Waals surface area contributed by atoms with E-state index in [2.05, 4.69) is 10.3 Å². The third-order valence-electron chi connectivity index (χ3n) is 4.08. The summed E-state index contributed by atoms with van der Waals surface area (Å²) >= 11 is 5.72. The number of aryl methyl sites for hydroxylation is 1. The third-order valence-corrected chi connectivity index (χ3v) is 6.49. The Balaban J connectivity index is 2.09. The number of benzene rings is 1. The highest BCUT2D eigenvalue weighted by molar-refractivity contribution is 7.89. The predicted octanol–water partition coefficient (Wildman–Crippen LogP) is 2.87. The molecule has 0 saturated carbocycles. The van der Waals surface area contributed by atoms with Crippen molar-refractivity contribution in [3.63, 3.8) is 0 Å². The van der Waals surface area contributed by atoms with Crippen LogP contribution in [0.1, 0.15) is 29.8 Å². The Kier molecular flexibility index (Phi) is 7.72. The first kappa shape index (κ1) is 22.8. The molecule has 2 rings (SSSR count). The van der Waals surface area contributed by atoms with Gasteiger partial charge in [-0.1, -0.05) is 31.5 Å². The largest absolute Gasteiger partial charge is 0.452 e. The molecule has 8 nitrogen and oxygen atoms in total. The van der Waals surface area contributed by atoms with Crippen LogP contribution in [0.2, 0.25) is 5.02 Å². The van der Waals surface area contributed by atoms with Crippen LogP contribution in [0.25, 0.3) is 0 Å². The van der Waals surface area contributed by atoms with Crippen molar-refractivity contribution in [1.82, 2.24) is 9.29 Å². The van der Waals surface area contributed by atoms with Crippen molar-refractivity contribution in [1.29, 1.82) is 0 Å². The molecule has 1 aromatic carbocycles. The maximum absolute atomic E-state index is 12.8. The Morgan fingerprint density at radius 3 is 2.45 bits per heavy atom. The number of hydrogen-bond acceptors (Lipinski definition) is 6. The van der Waals surface area contributed by atoms with Crippen molar-refractivity contribution in [3.05, 3.63) is 52.7 Å². The molecule has 0 aliphatic carbocycles. The first-order chi connectivity index (χ1) is 13.7. The van der Waals surface area contributed by atoms with Gasteiger partial charge in [0, 0.05) is 19.3 Å². The van der Waals surface area contributed by atoms with Gasteiger partial charge < -0.3 is 10.1 Å². The summed E-state index contributed by atoms with van der Waals surface area (Å²) < 4.78 is 31.8. The van der Waals surface area contributed by atoms with E-state index in [0.29, 0.717) is 23.7 Å². The molecule has 0 radical (unpaired) electrons. The first-order valence-corrected chi connectivity index (χ1v) is 10.7. The molecule has 0 saturated heterocycles. The van der Waals surface area contributed by atoms with Gasteiger partial charge in [-0.05, 0) is 36.8 Å². The van der Waals surface area contributed by atoms with Crippen molar-refractivity contribution >= 4 is 39.3 Å². The molecule has 1 aromatic heterocycles. The van der Waals surface area contributed by atoms with E-state index in [1.807, 2.05) is 0 Å². The quantitative estimate of drug-likeness (QED) is 0.634. The van der Waals surface area contributed by atoms with Crippen LogP contribution >= 0.6 is 11.6 Å². The average Bonchev–Trinajstić information content (AvgIpc) is 2.69. The summed E-state index contributed by atoms with van der Waals surface area (Å²) in [4.78, 5) is 28.2. The van der Waals surface area contributed by atoms with E-state index in [4.69, 9.17) is 16.3 Å². The number of sulfonamides is 1. The smallest absolute Gasteiger partial charge is 0.338 e. The van der Waals surface area contributed by atoms with Crippen LogP contribution in [-0.2, 0) is 19.6 Å². The summed E-state index contributed by atoms with van der Waals surface area (Å²) in [7, 11) is -3.74. The number of halogens is 1. The van der Waals surface area contributed by atoms with Gasteiger partial charge >= 0.3 is 5.97 Å². The molecule has 1 heterocycles. The number of amides is 1. The molecular weight excluding hydrogens is 418 g/mol. The van der Waals surface area contributed by atoms with E-state index in [1.54, 1.807) is 26.8 Å². The van der Waals surface area contributed by atoms with Crippen LogP contribution in [0.4, 0.5) is 5.82 Å². The summed E-state index contributed by atoms with van der Waals surface area (Å²) in [6, 6.07) is 7.32. The number of carbonyl (C=O) groups excluding carboxylic acids is 2. The van der Waals surface area contributed by atoms with Crippen LogP contribution in [0.5, 0.6) is 0 Å². The van der Waals surface area contributed by atoms with Gasteiger partial charge in [-0.15, -0.1) is 0 Å². The van der Waals surface area contributed by atoms with Crippen molar-refractivity contribution in [3.8, 4) is 0 Å². The molecule has 2 aromatic rings. The van der Waals surface area contributed by atoms with Gasteiger partial charge in [-0.3, -0.25) is 4.79 Å². The number of nitrogens with zero attached hydrogens (tertiary/aromatic N) is 2. The number of ether oxygens (including phenoxy) is 1. The zero-order valence-corrected chi connectivity index (χ0v) is 17.9. The Morgan fingerprint density at radius 2 is 1.86 bits per heavy atom. The van der Waals surface area contributed by atoms with E-state index in [0.717, 1.165) is 0 Å². The average molecular weight is 440 g/mol. The van der Waals surface area contributed by atoms with Crippen LogP contribution in [0, 0.1) is 6.92 Å². The highest BCUT2D eigenvalue weighted by Gasteiger charge is 2.25. The van der Waals surface area contributed by atoms with Crippen LogP contribution in [0.3, 0.4) is 0 Å².